The summed E-state index contributed by atoms with van der Waals surface area (Å²) in [5.74, 6) is -0.236. The van der Waals surface area contributed by atoms with E-state index >= 15 is 0 Å². The molecule has 2 aromatic rings. The fraction of sp³-hybridized carbons (Fsp3) is 0.167. The van der Waals surface area contributed by atoms with Gasteiger partial charge in [0.05, 0.1) is 5.69 Å². The second kappa shape index (κ2) is 5.50. The lowest BCUT2D eigenvalue weighted by atomic mass is 10.3. The molecule has 2 rings (SSSR count). The van der Waals surface area contributed by atoms with Crippen LogP contribution in [0.1, 0.15) is 9.75 Å². The first-order valence-electron chi connectivity index (χ1n) is 5.00. The van der Waals surface area contributed by atoms with E-state index in [1.807, 2.05) is 0 Å². The monoisotopic (exact) mass is 377 g/mol. The molecular formula is C12H10Br2FNS. The summed E-state index contributed by atoms with van der Waals surface area (Å²) in [7, 11) is 0. The Labute approximate surface area is 120 Å². The van der Waals surface area contributed by atoms with Crippen LogP contribution in [0.25, 0.3) is 0 Å². The third kappa shape index (κ3) is 3.30. The molecule has 90 valence electrons. The van der Waals surface area contributed by atoms with Crippen molar-refractivity contribution in [2.75, 3.05) is 5.32 Å². The van der Waals surface area contributed by atoms with Crippen molar-refractivity contribution in [1.82, 2.24) is 0 Å². The van der Waals surface area contributed by atoms with Crippen molar-refractivity contribution in [2.45, 2.75) is 13.5 Å². The molecule has 17 heavy (non-hydrogen) atoms. The molecule has 0 bridgehead atoms. The molecule has 1 N–H and O–H groups in total. The van der Waals surface area contributed by atoms with Crippen molar-refractivity contribution in [2.24, 2.45) is 0 Å². The number of anilines is 1. The molecule has 0 saturated carbocycles. The fourth-order valence-corrected chi connectivity index (χ4v) is 3.32. The first kappa shape index (κ1) is 13.1. The minimum atomic E-state index is -0.236. The van der Waals surface area contributed by atoms with Crippen molar-refractivity contribution in [3.63, 3.8) is 0 Å². The molecule has 0 radical (unpaired) electrons. The van der Waals surface area contributed by atoms with Crippen molar-refractivity contribution in [1.29, 1.82) is 0 Å². The Morgan fingerprint density at radius 2 is 2.06 bits per heavy atom. The van der Waals surface area contributed by atoms with Crippen LogP contribution in [-0.2, 0) is 6.54 Å². The van der Waals surface area contributed by atoms with E-state index in [0.29, 0.717) is 12.2 Å². The molecule has 1 heterocycles. The number of thiophene rings is 1. The van der Waals surface area contributed by atoms with Crippen molar-refractivity contribution < 1.29 is 4.39 Å². The molecular weight excluding hydrogens is 369 g/mol. The average Bonchev–Trinajstić information content (AvgIpc) is 2.60. The van der Waals surface area contributed by atoms with Crippen LogP contribution in [0.3, 0.4) is 0 Å². The predicted molar refractivity (Wildman–Crippen MR) is 78.2 cm³/mol. The van der Waals surface area contributed by atoms with Crippen molar-refractivity contribution in [3.8, 4) is 0 Å². The Morgan fingerprint density at radius 3 is 2.71 bits per heavy atom. The number of nitrogens with one attached hydrogen (secondary N) is 1. The fourth-order valence-electron chi connectivity index (χ4n) is 1.42. The maximum absolute atomic E-state index is 13.5. The maximum Gasteiger partial charge on any atom is 0.146 e. The highest BCUT2D eigenvalue weighted by atomic mass is 79.9. The lowest BCUT2D eigenvalue weighted by Crippen LogP contribution is -1.99. The second-order valence-electron chi connectivity index (χ2n) is 3.59. The molecule has 1 aromatic carbocycles. The Kier molecular flexibility index (Phi) is 4.22. The zero-order chi connectivity index (χ0) is 12.4. The Hall–Kier alpha value is -0.390. The molecule has 0 aliphatic carbocycles. The summed E-state index contributed by atoms with van der Waals surface area (Å²) in [6, 6.07) is 6.93. The summed E-state index contributed by atoms with van der Waals surface area (Å²) in [5, 5.41) is 3.10. The smallest absolute Gasteiger partial charge is 0.146 e. The van der Waals surface area contributed by atoms with E-state index < -0.39 is 0 Å². The van der Waals surface area contributed by atoms with E-state index in [9.17, 15) is 4.39 Å². The normalized spacial score (nSPS) is 10.6. The van der Waals surface area contributed by atoms with Crippen LogP contribution in [-0.4, -0.2) is 0 Å². The summed E-state index contributed by atoms with van der Waals surface area (Å²) < 4.78 is 15.4. The summed E-state index contributed by atoms with van der Waals surface area (Å²) in [5.41, 5.74) is 0.515. The average molecular weight is 379 g/mol. The van der Waals surface area contributed by atoms with Crippen LogP contribution in [0.2, 0.25) is 0 Å². The van der Waals surface area contributed by atoms with Crippen molar-refractivity contribution >= 4 is 48.9 Å². The molecule has 0 unspecified atom stereocenters. The summed E-state index contributed by atoms with van der Waals surface area (Å²) in [6.07, 6.45) is 0. The molecule has 1 aromatic heterocycles. The number of aryl methyl sites for hydroxylation is 1. The van der Waals surface area contributed by atoms with Gasteiger partial charge in [0, 0.05) is 25.2 Å². The van der Waals surface area contributed by atoms with Crippen molar-refractivity contribution in [3.05, 3.63) is 48.8 Å². The van der Waals surface area contributed by atoms with Crippen LogP contribution >= 0.6 is 43.2 Å². The van der Waals surface area contributed by atoms with Gasteiger partial charge in [0.15, 0.2) is 0 Å². The van der Waals surface area contributed by atoms with E-state index in [4.69, 9.17) is 0 Å². The van der Waals surface area contributed by atoms with Crippen LogP contribution in [0.4, 0.5) is 10.1 Å². The topological polar surface area (TPSA) is 12.0 Å². The molecule has 5 heteroatoms. The minimum absolute atomic E-state index is 0.236. The van der Waals surface area contributed by atoms with Gasteiger partial charge in [-0.15, -0.1) is 11.3 Å². The highest BCUT2D eigenvalue weighted by Crippen LogP contribution is 2.27. The number of hydrogen-bond acceptors (Lipinski definition) is 2. The van der Waals surface area contributed by atoms with Gasteiger partial charge in [0.2, 0.25) is 0 Å². The minimum Gasteiger partial charge on any atom is -0.378 e. The molecule has 1 nitrogen and oxygen atoms in total. The van der Waals surface area contributed by atoms with Gasteiger partial charge in [-0.05, 0) is 47.1 Å². The summed E-state index contributed by atoms with van der Waals surface area (Å²) in [4.78, 5) is 2.41. The van der Waals surface area contributed by atoms with Crippen LogP contribution in [0.15, 0.2) is 33.2 Å². The molecule has 0 spiro atoms. The van der Waals surface area contributed by atoms with Gasteiger partial charge in [-0.3, -0.25) is 0 Å². The summed E-state index contributed by atoms with van der Waals surface area (Å²) in [6.45, 7) is 2.68. The van der Waals surface area contributed by atoms with E-state index in [1.54, 1.807) is 23.5 Å². The Balaban J connectivity index is 2.09. The van der Waals surface area contributed by atoms with Crippen LogP contribution < -0.4 is 5.32 Å². The number of halogens is 3. The van der Waals surface area contributed by atoms with E-state index in [2.05, 4.69) is 50.2 Å². The Bertz CT molecular complexity index is 520. The van der Waals surface area contributed by atoms with E-state index in [0.717, 1.165) is 8.95 Å². The zero-order valence-electron chi connectivity index (χ0n) is 9.06. The molecule has 0 fully saturated rings. The van der Waals surface area contributed by atoms with Gasteiger partial charge in [-0.25, -0.2) is 4.39 Å². The molecule has 0 aliphatic heterocycles. The first-order valence-corrected chi connectivity index (χ1v) is 7.40. The molecule has 0 aliphatic rings. The number of rotatable bonds is 3. The lowest BCUT2D eigenvalue weighted by molar-refractivity contribution is 0.630. The summed E-state index contributed by atoms with van der Waals surface area (Å²) >= 11 is 8.50. The largest absolute Gasteiger partial charge is 0.378 e. The SMILES string of the molecule is Cc1sc(CNc2cc(Br)ccc2F)cc1Br. The maximum atomic E-state index is 13.5. The van der Waals surface area contributed by atoms with Gasteiger partial charge in [0.25, 0.3) is 0 Å². The zero-order valence-corrected chi connectivity index (χ0v) is 13.0. The van der Waals surface area contributed by atoms with Crippen LogP contribution in [0.5, 0.6) is 0 Å². The first-order chi connectivity index (χ1) is 8.06. The molecule has 0 atom stereocenters. The number of hydrogen-bond donors (Lipinski definition) is 1. The highest BCUT2D eigenvalue weighted by molar-refractivity contribution is 9.10. The van der Waals surface area contributed by atoms with E-state index in [1.165, 1.54) is 15.8 Å². The Morgan fingerprint density at radius 1 is 1.29 bits per heavy atom. The van der Waals surface area contributed by atoms with Gasteiger partial charge < -0.3 is 5.32 Å². The standard InChI is InChI=1S/C12H10Br2FNS/c1-7-10(14)5-9(17-7)6-16-12-4-8(13)2-3-11(12)15/h2-5,16H,6H2,1H3. The van der Waals surface area contributed by atoms with Gasteiger partial charge in [0.1, 0.15) is 5.82 Å². The molecule has 0 amide bonds. The second-order valence-corrected chi connectivity index (χ2v) is 6.71. The highest BCUT2D eigenvalue weighted by Gasteiger charge is 2.05. The molecule has 0 saturated heterocycles. The van der Waals surface area contributed by atoms with Gasteiger partial charge in [-0.2, -0.15) is 0 Å². The van der Waals surface area contributed by atoms with Gasteiger partial charge in [-0.1, -0.05) is 15.9 Å². The quantitative estimate of drug-likeness (QED) is 0.760. The van der Waals surface area contributed by atoms with Gasteiger partial charge >= 0.3 is 0 Å². The predicted octanol–water partition coefficient (Wildman–Crippen LogP) is 5.33. The third-order valence-electron chi connectivity index (χ3n) is 2.29. The number of benzene rings is 1. The third-order valence-corrected chi connectivity index (χ3v) is 4.92. The van der Waals surface area contributed by atoms with Crippen LogP contribution in [0, 0.1) is 12.7 Å². The van der Waals surface area contributed by atoms with E-state index in [-0.39, 0.29) is 5.82 Å². The lowest BCUT2D eigenvalue weighted by Gasteiger charge is -2.06.